The molecular weight excluding hydrogens is 320 g/mol. The van der Waals surface area contributed by atoms with Gasteiger partial charge in [0, 0.05) is 6.42 Å². The predicted octanol–water partition coefficient (Wildman–Crippen LogP) is 4.27. The maximum atomic E-state index is 12.6. The summed E-state index contributed by atoms with van der Waals surface area (Å²) in [5.74, 6) is 0.127. The van der Waals surface area contributed by atoms with Crippen LogP contribution in [0, 0.1) is 5.92 Å². The molecule has 1 aliphatic carbocycles. The molecule has 0 N–H and O–H groups in total. The molecule has 2 aromatic rings. The second-order valence-corrected chi connectivity index (χ2v) is 7.83. The summed E-state index contributed by atoms with van der Waals surface area (Å²) in [6.07, 6.45) is 0.561. The van der Waals surface area contributed by atoms with Crippen LogP contribution in [0.3, 0.4) is 0 Å². The molecular formula is C17H17ClO3S. The number of fused-ring (bicyclic) bond motifs is 3. The summed E-state index contributed by atoms with van der Waals surface area (Å²) >= 11 is 6.19. The molecule has 0 spiro atoms. The minimum Gasteiger partial charge on any atom is -0.266 e. The van der Waals surface area contributed by atoms with E-state index < -0.39 is 10.1 Å². The van der Waals surface area contributed by atoms with Crippen molar-refractivity contribution in [2.75, 3.05) is 6.61 Å². The molecule has 0 aliphatic heterocycles. The number of hydrogen-bond donors (Lipinski definition) is 0. The van der Waals surface area contributed by atoms with Crippen LogP contribution in [0.15, 0.2) is 41.3 Å². The van der Waals surface area contributed by atoms with E-state index >= 15 is 0 Å². The van der Waals surface area contributed by atoms with Crippen molar-refractivity contribution in [3.63, 3.8) is 0 Å². The lowest BCUT2D eigenvalue weighted by Gasteiger charge is -2.13. The first kappa shape index (κ1) is 15.5. The molecule has 0 saturated heterocycles. The Bertz CT molecular complexity index is 826. The van der Waals surface area contributed by atoms with Gasteiger partial charge < -0.3 is 0 Å². The minimum absolute atomic E-state index is 0.114. The van der Waals surface area contributed by atoms with Crippen molar-refractivity contribution in [2.24, 2.45) is 5.92 Å². The lowest BCUT2D eigenvalue weighted by Crippen LogP contribution is -2.13. The first-order valence-electron chi connectivity index (χ1n) is 7.19. The van der Waals surface area contributed by atoms with Gasteiger partial charge in [0.05, 0.1) is 11.6 Å². The monoisotopic (exact) mass is 336 g/mol. The lowest BCUT2D eigenvalue weighted by molar-refractivity contribution is 0.275. The highest BCUT2D eigenvalue weighted by molar-refractivity contribution is 7.87. The van der Waals surface area contributed by atoms with Crippen molar-refractivity contribution >= 4 is 21.7 Å². The zero-order valence-electron chi connectivity index (χ0n) is 12.5. The summed E-state index contributed by atoms with van der Waals surface area (Å²) < 4.78 is 30.3. The highest BCUT2D eigenvalue weighted by atomic mass is 35.5. The summed E-state index contributed by atoms with van der Waals surface area (Å²) in [5, 5.41) is 0.218. The smallest absolute Gasteiger partial charge is 0.266 e. The van der Waals surface area contributed by atoms with Crippen LogP contribution in [0.2, 0.25) is 5.02 Å². The quantitative estimate of drug-likeness (QED) is 0.668. The van der Waals surface area contributed by atoms with Crippen molar-refractivity contribution in [2.45, 2.75) is 25.2 Å². The Morgan fingerprint density at radius 1 is 1.14 bits per heavy atom. The SMILES string of the molecule is CC(C)COS(=O)(=O)c1c(Cl)ccc2c1Cc1ccccc1-2. The van der Waals surface area contributed by atoms with Crippen LogP contribution in [0.1, 0.15) is 25.0 Å². The summed E-state index contributed by atoms with van der Waals surface area (Å²) in [6, 6.07) is 11.4. The Hall–Kier alpha value is -1.36. The van der Waals surface area contributed by atoms with Gasteiger partial charge in [0.1, 0.15) is 4.90 Å². The Morgan fingerprint density at radius 2 is 1.86 bits per heavy atom. The van der Waals surface area contributed by atoms with E-state index in [4.69, 9.17) is 15.8 Å². The molecule has 5 heteroatoms. The predicted molar refractivity (Wildman–Crippen MR) is 87.7 cm³/mol. The van der Waals surface area contributed by atoms with Gasteiger partial charge in [-0.3, -0.25) is 4.18 Å². The summed E-state index contributed by atoms with van der Waals surface area (Å²) in [6.45, 7) is 3.96. The van der Waals surface area contributed by atoms with Crippen LogP contribution in [0.4, 0.5) is 0 Å². The zero-order chi connectivity index (χ0) is 15.9. The van der Waals surface area contributed by atoms with Gasteiger partial charge >= 0.3 is 0 Å². The minimum atomic E-state index is -3.86. The molecule has 116 valence electrons. The van der Waals surface area contributed by atoms with Crippen LogP contribution in [-0.4, -0.2) is 15.0 Å². The van der Waals surface area contributed by atoms with Crippen molar-refractivity contribution in [1.82, 2.24) is 0 Å². The van der Waals surface area contributed by atoms with Crippen molar-refractivity contribution in [1.29, 1.82) is 0 Å². The third kappa shape index (κ3) is 2.67. The van der Waals surface area contributed by atoms with Gasteiger partial charge in [-0.15, -0.1) is 0 Å². The molecule has 0 aromatic heterocycles. The topological polar surface area (TPSA) is 43.4 Å². The molecule has 1 aliphatic rings. The van der Waals surface area contributed by atoms with Gasteiger partial charge in [-0.25, -0.2) is 0 Å². The molecule has 0 fully saturated rings. The molecule has 0 radical (unpaired) electrons. The maximum absolute atomic E-state index is 12.6. The third-order valence-corrected chi connectivity index (χ3v) is 5.53. The van der Waals surface area contributed by atoms with Crippen molar-refractivity contribution in [3.05, 3.63) is 52.5 Å². The normalized spacial score (nSPS) is 13.3. The Balaban J connectivity index is 2.11. The van der Waals surface area contributed by atoms with Gasteiger partial charge in [0.2, 0.25) is 0 Å². The molecule has 3 nitrogen and oxygen atoms in total. The van der Waals surface area contributed by atoms with Crippen LogP contribution in [-0.2, 0) is 20.7 Å². The van der Waals surface area contributed by atoms with E-state index in [1.54, 1.807) is 6.07 Å². The second-order valence-electron chi connectivity index (χ2n) is 5.87. The number of halogens is 1. The van der Waals surface area contributed by atoms with E-state index in [-0.39, 0.29) is 22.4 Å². The Labute approximate surface area is 136 Å². The first-order valence-corrected chi connectivity index (χ1v) is 8.98. The molecule has 22 heavy (non-hydrogen) atoms. The van der Waals surface area contributed by atoms with E-state index in [1.807, 2.05) is 44.2 Å². The molecule has 0 unspecified atom stereocenters. The van der Waals surface area contributed by atoms with Gasteiger partial charge in [-0.1, -0.05) is 55.8 Å². The van der Waals surface area contributed by atoms with Gasteiger partial charge in [-0.05, 0) is 34.2 Å². The molecule has 0 amide bonds. The second kappa shape index (κ2) is 5.69. The third-order valence-electron chi connectivity index (χ3n) is 3.69. The fraction of sp³-hybridized carbons (Fsp3) is 0.294. The van der Waals surface area contributed by atoms with Crippen LogP contribution >= 0.6 is 11.6 Å². The number of rotatable bonds is 4. The van der Waals surface area contributed by atoms with Gasteiger partial charge in [0.25, 0.3) is 10.1 Å². The molecule has 0 atom stereocenters. The van der Waals surface area contributed by atoms with E-state index in [2.05, 4.69) is 0 Å². The average molecular weight is 337 g/mol. The van der Waals surface area contributed by atoms with Crippen molar-refractivity contribution < 1.29 is 12.6 Å². The van der Waals surface area contributed by atoms with Crippen LogP contribution < -0.4 is 0 Å². The highest BCUT2D eigenvalue weighted by Crippen LogP contribution is 2.42. The summed E-state index contributed by atoms with van der Waals surface area (Å²) in [5.41, 5.74) is 3.83. The molecule has 0 saturated carbocycles. The van der Waals surface area contributed by atoms with E-state index in [0.29, 0.717) is 6.42 Å². The lowest BCUT2D eigenvalue weighted by atomic mass is 10.1. The molecule has 2 aromatic carbocycles. The summed E-state index contributed by atoms with van der Waals surface area (Å²) in [7, 11) is -3.86. The molecule has 0 bridgehead atoms. The fourth-order valence-electron chi connectivity index (χ4n) is 2.71. The fourth-order valence-corrected chi connectivity index (χ4v) is 4.53. The van der Waals surface area contributed by atoms with Crippen molar-refractivity contribution in [3.8, 4) is 11.1 Å². The Kier molecular flexibility index (Phi) is 4.02. The van der Waals surface area contributed by atoms with Gasteiger partial charge in [-0.2, -0.15) is 8.42 Å². The maximum Gasteiger partial charge on any atom is 0.298 e. The van der Waals surface area contributed by atoms with E-state index in [9.17, 15) is 8.42 Å². The van der Waals surface area contributed by atoms with E-state index in [0.717, 1.165) is 22.3 Å². The standard InChI is InChI=1S/C17H17ClO3S/c1-11(2)10-21-22(19,20)17-15-9-12-5-3-4-6-13(12)14(15)7-8-16(17)18/h3-8,11H,9-10H2,1-2H3. The van der Waals surface area contributed by atoms with Gasteiger partial charge in [0.15, 0.2) is 0 Å². The van der Waals surface area contributed by atoms with E-state index in [1.165, 1.54) is 0 Å². The average Bonchev–Trinajstić information content (AvgIpc) is 2.82. The number of hydrogen-bond acceptors (Lipinski definition) is 3. The molecule has 3 rings (SSSR count). The van der Waals surface area contributed by atoms with Crippen LogP contribution in [0.25, 0.3) is 11.1 Å². The largest absolute Gasteiger partial charge is 0.298 e. The first-order chi connectivity index (χ1) is 10.4. The summed E-state index contributed by atoms with van der Waals surface area (Å²) in [4.78, 5) is 0.114. The molecule has 0 heterocycles. The van der Waals surface area contributed by atoms with Crippen LogP contribution in [0.5, 0.6) is 0 Å². The Morgan fingerprint density at radius 3 is 2.59 bits per heavy atom. The number of benzene rings is 2. The zero-order valence-corrected chi connectivity index (χ0v) is 14.0. The highest BCUT2D eigenvalue weighted by Gasteiger charge is 2.30.